The van der Waals surface area contributed by atoms with Crippen molar-refractivity contribution in [3.63, 3.8) is 0 Å². The number of hydrogen-bond donors (Lipinski definition) is 2. The van der Waals surface area contributed by atoms with Crippen molar-refractivity contribution in [3.8, 4) is 0 Å². The summed E-state index contributed by atoms with van der Waals surface area (Å²) in [6.45, 7) is 0.825. The number of carbonyl (C=O) groups is 2. The van der Waals surface area contributed by atoms with Crippen molar-refractivity contribution in [3.05, 3.63) is 29.6 Å². The van der Waals surface area contributed by atoms with E-state index in [1.54, 1.807) is 14.1 Å². The summed E-state index contributed by atoms with van der Waals surface area (Å²) in [5.74, 6) is -1.17. The van der Waals surface area contributed by atoms with Crippen LogP contribution in [0.2, 0.25) is 0 Å². The molecule has 1 heterocycles. The van der Waals surface area contributed by atoms with Crippen LogP contribution in [0, 0.1) is 5.82 Å². The molecule has 2 rings (SSSR count). The number of hydrogen-bond acceptors (Lipinski definition) is 3. The number of anilines is 1. The Morgan fingerprint density at radius 3 is 2.64 bits per heavy atom. The Morgan fingerprint density at radius 1 is 1.32 bits per heavy atom. The molecule has 0 saturated carbocycles. The number of nitrogens with one attached hydrogen (secondary N) is 2. The average molecular weight is 330 g/mol. The Morgan fingerprint density at radius 2 is 2.05 bits per heavy atom. The van der Waals surface area contributed by atoms with Gasteiger partial charge in [0.25, 0.3) is 5.91 Å². The molecule has 1 aromatic rings. The first-order valence-electron chi connectivity index (χ1n) is 7.04. The van der Waals surface area contributed by atoms with Gasteiger partial charge in [-0.1, -0.05) is 6.42 Å². The van der Waals surface area contributed by atoms with Gasteiger partial charge in [0, 0.05) is 19.8 Å². The van der Waals surface area contributed by atoms with Crippen LogP contribution in [0.4, 0.5) is 10.1 Å². The lowest BCUT2D eigenvalue weighted by Gasteiger charge is -2.22. The Kier molecular flexibility index (Phi) is 6.77. The summed E-state index contributed by atoms with van der Waals surface area (Å²) >= 11 is 0. The fourth-order valence-electron chi connectivity index (χ4n) is 2.31. The summed E-state index contributed by atoms with van der Waals surface area (Å²) < 4.78 is 13.7. The van der Waals surface area contributed by atoms with Gasteiger partial charge in [0.15, 0.2) is 0 Å². The summed E-state index contributed by atoms with van der Waals surface area (Å²) in [6, 6.07) is 3.80. The zero-order valence-electron chi connectivity index (χ0n) is 12.7. The summed E-state index contributed by atoms with van der Waals surface area (Å²) in [4.78, 5) is 25.3. The second kappa shape index (κ2) is 8.10. The van der Waals surface area contributed by atoms with Crippen LogP contribution < -0.4 is 10.6 Å². The van der Waals surface area contributed by atoms with E-state index in [2.05, 4.69) is 10.6 Å². The molecule has 1 aliphatic rings. The normalized spacial score (nSPS) is 17.3. The van der Waals surface area contributed by atoms with Gasteiger partial charge < -0.3 is 15.5 Å². The van der Waals surface area contributed by atoms with Gasteiger partial charge in [-0.05, 0) is 37.6 Å². The van der Waals surface area contributed by atoms with Gasteiger partial charge in [-0.25, -0.2) is 4.39 Å². The Bertz CT molecular complexity index is 546. The minimum Gasteiger partial charge on any atom is -0.345 e. The smallest absolute Gasteiger partial charge is 0.256 e. The van der Waals surface area contributed by atoms with Crippen LogP contribution in [-0.2, 0) is 4.79 Å². The minimum atomic E-state index is -0.595. The molecule has 0 aliphatic carbocycles. The van der Waals surface area contributed by atoms with Crippen molar-refractivity contribution in [2.75, 3.05) is 26.0 Å². The van der Waals surface area contributed by atoms with E-state index in [4.69, 9.17) is 0 Å². The third kappa shape index (κ3) is 4.42. The number of piperidine rings is 1. The first kappa shape index (κ1) is 18.4. The highest BCUT2D eigenvalue weighted by Gasteiger charge is 2.21. The third-order valence-corrected chi connectivity index (χ3v) is 3.50. The standard InChI is InChI=1S/C15H20FN3O2.ClH/c1-19(2)15(21)11-9-10(6-7-12(11)16)18-14(20)13-5-3-4-8-17-13;/h6-7,9,13,17H,3-5,8H2,1-2H3,(H,18,20);1H. The number of amides is 2. The van der Waals surface area contributed by atoms with Gasteiger partial charge >= 0.3 is 0 Å². The van der Waals surface area contributed by atoms with Crippen molar-refractivity contribution in [2.24, 2.45) is 0 Å². The molecule has 7 heteroatoms. The average Bonchev–Trinajstić information content (AvgIpc) is 2.49. The lowest BCUT2D eigenvalue weighted by atomic mass is 10.0. The highest BCUT2D eigenvalue weighted by Crippen LogP contribution is 2.17. The molecular weight excluding hydrogens is 309 g/mol. The van der Waals surface area contributed by atoms with E-state index >= 15 is 0 Å². The number of nitrogens with zero attached hydrogens (tertiary/aromatic N) is 1. The molecule has 1 saturated heterocycles. The molecule has 22 heavy (non-hydrogen) atoms. The van der Waals surface area contributed by atoms with Crippen LogP contribution in [0.15, 0.2) is 18.2 Å². The van der Waals surface area contributed by atoms with Gasteiger partial charge in [0.1, 0.15) is 5.82 Å². The van der Waals surface area contributed by atoms with Crippen LogP contribution in [-0.4, -0.2) is 43.4 Å². The third-order valence-electron chi connectivity index (χ3n) is 3.50. The molecule has 1 fully saturated rings. The second-order valence-electron chi connectivity index (χ2n) is 5.39. The fraction of sp³-hybridized carbons (Fsp3) is 0.467. The van der Waals surface area contributed by atoms with Crippen molar-refractivity contribution in [2.45, 2.75) is 25.3 Å². The van der Waals surface area contributed by atoms with E-state index in [-0.39, 0.29) is 29.9 Å². The molecule has 1 atom stereocenters. The van der Waals surface area contributed by atoms with E-state index < -0.39 is 11.7 Å². The highest BCUT2D eigenvalue weighted by atomic mass is 35.5. The van der Waals surface area contributed by atoms with Crippen LogP contribution in [0.3, 0.4) is 0 Å². The maximum Gasteiger partial charge on any atom is 0.256 e. The SMILES string of the molecule is CN(C)C(=O)c1cc(NC(=O)C2CCCCN2)ccc1F.Cl. The molecular formula is C15H21ClFN3O2. The number of rotatable bonds is 3. The zero-order valence-corrected chi connectivity index (χ0v) is 13.5. The molecule has 0 spiro atoms. The lowest BCUT2D eigenvalue weighted by Crippen LogP contribution is -2.43. The Labute approximate surface area is 135 Å². The summed E-state index contributed by atoms with van der Waals surface area (Å²) in [6.07, 6.45) is 2.87. The first-order valence-corrected chi connectivity index (χ1v) is 7.04. The van der Waals surface area contributed by atoms with E-state index in [0.717, 1.165) is 25.8 Å². The maximum absolute atomic E-state index is 13.7. The zero-order chi connectivity index (χ0) is 15.4. The van der Waals surface area contributed by atoms with E-state index in [0.29, 0.717) is 5.69 Å². The van der Waals surface area contributed by atoms with Crippen molar-refractivity contribution in [1.29, 1.82) is 0 Å². The molecule has 0 aromatic heterocycles. The predicted octanol–water partition coefficient (Wildman–Crippen LogP) is 2.03. The second-order valence-corrected chi connectivity index (χ2v) is 5.39. The maximum atomic E-state index is 13.7. The highest BCUT2D eigenvalue weighted by molar-refractivity contribution is 5.98. The van der Waals surface area contributed by atoms with Gasteiger partial charge in [-0.3, -0.25) is 9.59 Å². The minimum absolute atomic E-state index is 0. The van der Waals surface area contributed by atoms with E-state index in [1.807, 2.05) is 0 Å². The number of carbonyl (C=O) groups excluding carboxylic acids is 2. The molecule has 122 valence electrons. The monoisotopic (exact) mass is 329 g/mol. The molecule has 1 aliphatic heterocycles. The molecule has 1 aromatic carbocycles. The van der Waals surface area contributed by atoms with Crippen LogP contribution in [0.25, 0.3) is 0 Å². The molecule has 0 radical (unpaired) electrons. The quantitative estimate of drug-likeness (QED) is 0.892. The molecule has 2 amide bonds. The van der Waals surface area contributed by atoms with Gasteiger partial charge in [-0.2, -0.15) is 0 Å². The topological polar surface area (TPSA) is 61.4 Å². The first-order chi connectivity index (χ1) is 9.99. The van der Waals surface area contributed by atoms with Gasteiger partial charge in [0.05, 0.1) is 11.6 Å². The summed E-state index contributed by atoms with van der Waals surface area (Å²) in [7, 11) is 3.11. The predicted molar refractivity (Wildman–Crippen MR) is 85.9 cm³/mol. The Hall–Kier alpha value is -1.66. The van der Waals surface area contributed by atoms with Crippen molar-refractivity contribution >= 4 is 29.9 Å². The molecule has 2 N–H and O–H groups in total. The number of benzene rings is 1. The summed E-state index contributed by atoms with van der Waals surface area (Å²) in [5, 5.41) is 5.88. The fourth-order valence-corrected chi connectivity index (χ4v) is 2.31. The van der Waals surface area contributed by atoms with Gasteiger partial charge in [-0.15, -0.1) is 12.4 Å². The number of halogens is 2. The molecule has 0 bridgehead atoms. The van der Waals surface area contributed by atoms with Crippen LogP contribution in [0.1, 0.15) is 29.6 Å². The largest absolute Gasteiger partial charge is 0.345 e. The summed E-state index contributed by atoms with van der Waals surface area (Å²) in [5.41, 5.74) is 0.383. The van der Waals surface area contributed by atoms with Crippen molar-refractivity contribution in [1.82, 2.24) is 10.2 Å². The van der Waals surface area contributed by atoms with E-state index in [1.165, 1.54) is 23.1 Å². The molecule has 5 nitrogen and oxygen atoms in total. The van der Waals surface area contributed by atoms with E-state index in [9.17, 15) is 14.0 Å². The Balaban J connectivity index is 0.00000242. The van der Waals surface area contributed by atoms with Gasteiger partial charge in [0.2, 0.25) is 5.91 Å². The molecule has 1 unspecified atom stereocenters. The van der Waals surface area contributed by atoms with Crippen LogP contribution in [0.5, 0.6) is 0 Å². The van der Waals surface area contributed by atoms with Crippen molar-refractivity contribution < 1.29 is 14.0 Å². The van der Waals surface area contributed by atoms with Crippen LogP contribution >= 0.6 is 12.4 Å². The lowest BCUT2D eigenvalue weighted by molar-refractivity contribution is -0.118.